The lowest BCUT2D eigenvalue weighted by molar-refractivity contribution is -0.112. The fourth-order valence-corrected chi connectivity index (χ4v) is 3.59. The number of aromatic nitrogens is 2. The summed E-state index contributed by atoms with van der Waals surface area (Å²) in [7, 11) is 0. The summed E-state index contributed by atoms with van der Waals surface area (Å²) in [6.45, 7) is 2.47. The number of rotatable bonds is 4. The molecule has 5 nitrogen and oxygen atoms in total. The number of thiophene rings is 1. The predicted molar refractivity (Wildman–Crippen MR) is 79.4 cm³/mol. The first-order valence-corrected chi connectivity index (χ1v) is 8.11. The largest absolute Gasteiger partial charge is 0.419 e. The van der Waals surface area contributed by atoms with Crippen molar-refractivity contribution in [2.45, 2.75) is 19.4 Å². The van der Waals surface area contributed by atoms with E-state index in [0.29, 0.717) is 18.3 Å². The highest BCUT2D eigenvalue weighted by Crippen LogP contribution is 2.30. The maximum absolute atomic E-state index is 10.7. The third-order valence-electron chi connectivity index (χ3n) is 3.43. The highest BCUT2D eigenvalue weighted by atomic mass is 79.9. The number of nitrogens with zero attached hydrogens (tertiary/aromatic N) is 3. The average molecular weight is 356 g/mol. The van der Waals surface area contributed by atoms with Crippen LogP contribution in [0.4, 0.5) is 0 Å². The Kier molecular flexibility index (Phi) is 4.28. The molecular formula is C13H14BrN3O2S. The molecule has 1 aliphatic rings. The van der Waals surface area contributed by atoms with Crippen LogP contribution in [0.3, 0.4) is 0 Å². The van der Waals surface area contributed by atoms with E-state index in [1.54, 1.807) is 11.3 Å². The maximum Gasteiger partial charge on any atom is 0.257 e. The summed E-state index contributed by atoms with van der Waals surface area (Å²) in [5.74, 6) is 1.42. The van der Waals surface area contributed by atoms with Crippen LogP contribution in [0.15, 0.2) is 20.3 Å². The van der Waals surface area contributed by atoms with Gasteiger partial charge in [-0.05, 0) is 54.0 Å². The molecule has 0 spiro atoms. The number of likely N-dealkylation sites (tertiary alicyclic amines) is 1. The van der Waals surface area contributed by atoms with Crippen LogP contribution in [0.1, 0.15) is 18.7 Å². The molecule has 1 fully saturated rings. The third-order valence-corrected chi connectivity index (χ3v) is 5.05. The molecule has 2 aromatic rings. The summed E-state index contributed by atoms with van der Waals surface area (Å²) in [6.07, 6.45) is 2.90. The van der Waals surface area contributed by atoms with E-state index in [1.807, 2.05) is 12.1 Å². The van der Waals surface area contributed by atoms with Gasteiger partial charge in [0.05, 0.1) is 15.2 Å². The van der Waals surface area contributed by atoms with Crippen LogP contribution >= 0.6 is 27.3 Å². The molecule has 0 amide bonds. The van der Waals surface area contributed by atoms with E-state index >= 15 is 0 Å². The first kappa shape index (κ1) is 13.9. The minimum Gasteiger partial charge on any atom is -0.419 e. The number of aldehydes is 1. The summed E-state index contributed by atoms with van der Waals surface area (Å²) in [5.41, 5.74) is 0. The molecule has 0 unspecified atom stereocenters. The van der Waals surface area contributed by atoms with E-state index in [0.717, 1.165) is 40.9 Å². The Hall–Kier alpha value is -1.05. The summed E-state index contributed by atoms with van der Waals surface area (Å²) in [6, 6.07) is 3.93. The van der Waals surface area contributed by atoms with Gasteiger partial charge in [-0.3, -0.25) is 4.90 Å². The summed E-state index contributed by atoms with van der Waals surface area (Å²) in [4.78, 5) is 13.9. The number of halogens is 1. The van der Waals surface area contributed by atoms with Crippen molar-refractivity contribution in [2.24, 2.45) is 5.92 Å². The molecule has 1 saturated heterocycles. The SMILES string of the molecule is O=CC1CCN(Cc2nnc(-c3ccc(Br)s3)o2)CC1. The van der Waals surface area contributed by atoms with Gasteiger partial charge in [-0.25, -0.2) is 0 Å². The summed E-state index contributed by atoms with van der Waals surface area (Å²) in [5, 5.41) is 8.19. The van der Waals surface area contributed by atoms with E-state index in [2.05, 4.69) is 31.0 Å². The molecule has 1 aliphatic heterocycles. The van der Waals surface area contributed by atoms with E-state index in [-0.39, 0.29) is 5.92 Å². The van der Waals surface area contributed by atoms with Crippen LogP contribution < -0.4 is 0 Å². The van der Waals surface area contributed by atoms with Crippen molar-refractivity contribution in [3.05, 3.63) is 21.8 Å². The van der Waals surface area contributed by atoms with Crippen molar-refractivity contribution < 1.29 is 9.21 Å². The van der Waals surface area contributed by atoms with Gasteiger partial charge >= 0.3 is 0 Å². The quantitative estimate of drug-likeness (QED) is 0.789. The zero-order valence-electron chi connectivity index (χ0n) is 10.8. The van der Waals surface area contributed by atoms with Crippen LogP contribution in [-0.2, 0) is 11.3 Å². The van der Waals surface area contributed by atoms with Crippen LogP contribution in [0.2, 0.25) is 0 Å². The van der Waals surface area contributed by atoms with Gasteiger partial charge in [-0.15, -0.1) is 21.5 Å². The van der Waals surface area contributed by atoms with E-state index in [9.17, 15) is 4.79 Å². The van der Waals surface area contributed by atoms with Crippen LogP contribution in [0.25, 0.3) is 10.8 Å². The van der Waals surface area contributed by atoms with E-state index in [4.69, 9.17) is 4.42 Å². The van der Waals surface area contributed by atoms with Gasteiger partial charge < -0.3 is 9.21 Å². The molecule has 0 atom stereocenters. The monoisotopic (exact) mass is 355 g/mol. The Morgan fingerprint density at radius 1 is 1.40 bits per heavy atom. The van der Waals surface area contributed by atoms with Crippen molar-refractivity contribution in [3.8, 4) is 10.8 Å². The fourth-order valence-electron chi connectivity index (χ4n) is 2.28. The Morgan fingerprint density at radius 2 is 2.20 bits per heavy atom. The van der Waals surface area contributed by atoms with Crippen molar-refractivity contribution >= 4 is 33.6 Å². The molecular weight excluding hydrogens is 342 g/mol. The molecule has 0 aliphatic carbocycles. The number of carbonyl (C=O) groups excluding carboxylic acids is 1. The van der Waals surface area contributed by atoms with Crippen molar-refractivity contribution in [1.29, 1.82) is 0 Å². The maximum atomic E-state index is 10.7. The molecule has 7 heteroatoms. The minimum atomic E-state index is 0.216. The molecule has 0 radical (unpaired) electrons. The Morgan fingerprint density at radius 3 is 2.85 bits per heavy atom. The predicted octanol–water partition coefficient (Wildman–Crippen LogP) is 2.97. The van der Waals surface area contributed by atoms with Gasteiger partial charge in [-0.1, -0.05) is 0 Å². The van der Waals surface area contributed by atoms with Gasteiger partial charge in [0.15, 0.2) is 0 Å². The van der Waals surface area contributed by atoms with Crippen molar-refractivity contribution in [3.63, 3.8) is 0 Å². The molecule has 20 heavy (non-hydrogen) atoms. The van der Waals surface area contributed by atoms with Crippen molar-refractivity contribution in [2.75, 3.05) is 13.1 Å². The van der Waals surface area contributed by atoms with Gasteiger partial charge in [0.2, 0.25) is 5.89 Å². The second kappa shape index (κ2) is 6.15. The highest BCUT2D eigenvalue weighted by Gasteiger charge is 2.20. The van der Waals surface area contributed by atoms with Crippen LogP contribution in [0, 0.1) is 5.92 Å². The lowest BCUT2D eigenvalue weighted by atomic mass is 9.99. The van der Waals surface area contributed by atoms with Gasteiger partial charge in [-0.2, -0.15) is 0 Å². The smallest absolute Gasteiger partial charge is 0.257 e. The first-order valence-electron chi connectivity index (χ1n) is 6.50. The number of hydrogen-bond acceptors (Lipinski definition) is 6. The normalized spacial score (nSPS) is 17.4. The lowest BCUT2D eigenvalue weighted by Gasteiger charge is -2.28. The average Bonchev–Trinajstić information content (AvgIpc) is 3.09. The molecule has 0 N–H and O–H groups in total. The Labute approximate surface area is 129 Å². The number of carbonyl (C=O) groups is 1. The fraction of sp³-hybridized carbons (Fsp3) is 0.462. The van der Waals surface area contributed by atoms with Gasteiger partial charge in [0.1, 0.15) is 6.29 Å². The molecule has 0 bridgehead atoms. The lowest BCUT2D eigenvalue weighted by Crippen LogP contribution is -2.33. The number of hydrogen-bond donors (Lipinski definition) is 0. The van der Waals surface area contributed by atoms with Gasteiger partial charge in [0.25, 0.3) is 5.89 Å². The summed E-state index contributed by atoms with van der Waals surface area (Å²) >= 11 is 4.99. The Bertz CT molecular complexity index is 590. The van der Waals surface area contributed by atoms with Crippen LogP contribution in [-0.4, -0.2) is 34.5 Å². The standard InChI is InChI=1S/C13H14BrN3O2S/c14-11-2-1-10(20-11)13-16-15-12(19-13)7-17-5-3-9(8-18)4-6-17/h1-2,8-9H,3-7H2. The molecule has 3 heterocycles. The Balaban J connectivity index is 1.62. The molecule has 2 aromatic heterocycles. The van der Waals surface area contributed by atoms with E-state index < -0.39 is 0 Å². The molecule has 3 rings (SSSR count). The third kappa shape index (κ3) is 3.16. The topological polar surface area (TPSA) is 59.2 Å². The summed E-state index contributed by atoms with van der Waals surface area (Å²) < 4.78 is 6.74. The second-order valence-electron chi connectivity index (χ2n) is 4.85. The molecule has 0 saturated carbocycles. The van der Waals surface area contributed by atoms with Gasteiger partial charge in [0, 0.05) is 5.92 Å². The second-order valence-corrected chi connectivity index (χ2v) is 7.32. The minimum absolute atomic E-state index is 0.216. The van der Waals surface area contributed by atoms with Crippen LogP contribution in [0.5, 0.6) is 0 Å². The highest BCUT2D eigenvalue weighted by molar-refractivity contribution is 9.11. The zero-order valence-corrected chi connectivity index (χ0v) is 13.2. The first-order chi connectivity index (χ1) is 9.74. The zero-order chi connectivity index (χ0) is 13.9. The number of piperidine rings is 1. The van der Waals surface area contributed by atoms with E-state index in [1.165, 1.54) is 0 Å². The molecule has 0 aromatic carbocycles. The van der Waals surface area contributed by atoms with Crippen molar-refractivity contribution in [1.82, 2.24) is 15.1 Å². The molecule has 106 valence electrons.